The predicted molar refractivity (Wildman–Crippen MR) is 41.4 cm³/mol. The normalized spacial score (nSPS) is 11.4. The summed E-state index contributed by atoms with van der Waals surface area (Å²) in [5, 5.41) is 0. The summed E-state index contributed by atoms with van der Waals surface area (Å²) < 4.78 is 22.2. The molecule has 0 aliphatic rings. The number of sulfone groups is 1. The van der Waals surface area contributed by atoms with Crippen molar-refractivity contribution in [1.29, 1.82) is 0 Å². The quantitative estimate of drug-likeness (QED) is 0.666. The minimum atomic E-state index is -3.19. The van der Waals surface area contributed by atoms with Crippen molar-refractivity contribution in [3.05, 3.63) is 30.3 Å². The van der Waals surface area contributed by atoms with E-state index in [9.17, 15) is 8.42 Å². The molecule has 1 aromatic rings. The van der Waals surface area contributed by atoms with Gasteiger partial charge in [0.25, 0.3) is 0 Å². The van der Waals surface area contributed by atoms with E-state index in [-0.39, 0.29) is 4.90 Å². The lowest BCUT2D eigenvalue weighted by Gasteiger charge is -1.96. The second kappa shape index (κ2) is 3.00. The van der Waals surface area contributed by atoms with Crippen LogP contribution in [0, 0.1) is 5.75 Å². The monoisotopic (exact) mass is 170 g/mol. The van der Waals surface area contributed by atoms with Crippen molar-refractivity contribution in [3.63, 3.8) is 0 Å². The maximum absolute atomic E-state index is 11.1. The molecule has 0 amide bonds. The van der Waals surface area contributed by atoms with E-state index in [0.717, 1.165) is 5.75 Å². The van der Waals surface area contributed by atoms with Crippen molar-refractivity contribution < 1.29 is 8.42 Å². The number of pyridine rings is 1. The SMILES string of the molecule is C[CH]S(=O)(=O)c1cccnc1. The van der Waals surface area contributed by atoms with Gasteiger partial charge in [-0.15, -0.1) is 0 Å². The third-order valence-electron chi connectivity index (χ3n) is 1.27. The molecule has 0 bridgehead atoms. The zero-order valence-corrected chi connectivity index (χ0v) is 6.88. The van der Waals surface area contributed by atoms with Crippen molar-refractivity contribution in [2.75, 3.05) is 0 Å². The van der Waals surface area contributed by atoms with E-state index in [4.69, 9.17) is 0 Å². The molecule has 0 atom stereocenters. The Morgan fingerprint density at radius 3 is 2.73 bits per heavy atom. The summed E-state index contributed by atoms with van der Waals surface area (Å²) in [5.74, 6) is 1.16. The van der Waals surface area contributed by atoms with Gasteiger partial charge in [0.05, 0.1) is 10.6 Å². The summed E-state index contributed by atoms with van der Waals surface area (Å²) in [7, 11) is -3.19. The molecule has 4 heteroatoms. The Morgan fingerprint density at radius 1 is 1.55 bits per heavy atom. The van der Waals surface area contributed by atoms with Crippen LogP contribution >= 0.6 is 0 Å². The van der Waals surface area contributed by atoms with E-state index in [1.165, 1.54) is 25.4 Å². The number of hydrogen-bond donors (Lipinski definition) is 0. The standard InChI is InChI=1S/C7H8NO2S/c1-2-11(9,10)7-4-3-5-8-6-7/h2-6H,1H3. The lowest BCUT2D eigenvalue weighted by atomic mass is 10.5. The first-order chi connectivity index (χ1) is 5.17. The Kier molecular flexibility index (Phi) is 2.24. The molecule has 1 rings (SSSR count). The predicted octanol–water partition coefficient (Wildman–Crippen LogP) is 1.04. The second-order valence-electron chi connectivity index (χ2n) is 1.97. The molecule has 0 saturated heterocycles. The van der Waals surface area contributed by atoms with Gasteiger partial charge in [0.2, 0.25) is 0 Å². The Balaban J connectivity index is 3.14. The Morgan fingerprint density at radius 2 is 2.27 bits per heavy atom. The molecule has 3 nitrogen and oxygen atoms in total. The molecule has 0 fully saturated rings. The van der Waals surface area contributed by atoms with Crippen molar-refractivity contribution in [2.24, 2.45) is 0 Å². The molecular weight excluding hydrogens is 162 g/mol. The van der Waals surface area contributed by atoms with Crippen LogP contribution in [0.25, 0.3) is 0 Å². The molecule has 0 aliphatic carbocycles. The highest BCUT2D eigenvalue weighted by Gasteiger charge is 2.10. The minimum absolute atomic E-state index is 0.238. The van der Waals surface area contributed by atoms with Crippen LogP contribution in [0.1, 0.15) is 6.92 Å². The van der Waals surface area contributed by atoms with E-state index < -0.39 is 9.84 Å². The summed E-state index contributed by atoms with van der Waals surface area (Å²) in [6.07, 6.45) is 2.87. The maximum Gasteiger partial charge on any atom is 0.183 e. The van der Waals surface area contributed by atoms with Crippen molar-refractivity contribution >= 4 is 9.84 Å². The number of hydrogen-bond acceptors (Lipinski definition) is 3. The highest BCUT2D eigenvalue weighted by Crippen LogP contribution is 2.09. The van der Waals surface area contributed by atoms with Gasteiger partial charge in [-0.2, -0.15) is 0 Å². The third kappa shape index (κ3) is 1.77. The lowest BCUT2D eigenvalue weighted by molar-refractivity contribution is 0.601. The highest BCUT2D eigenvalue weighted by atomic mass is 32.2. The lowest BCUT2D eigenvalue weighted by Crippen LogP contribution is -1.98. The highest BCUT2D eigenvalue weighted by molar-refractivity contribution is 7.93. The number of rotatable bonds is 2. The molecule has 0 N–H and O–H groups in total. The van der Waals surface area contributed by atoms with Crippen LogP contribution in [0.3, 0.4) is 0 Å². The molecule has 0 aromatic carbocycles. The summed E-state index contributed by atoms with van der Waals surface area (Å²) >= 11 is 0. The molecule has 1 radical (unpaired) electrons. The molecule has 11 heavy (non-hydrogen) atoms. The van der Waals surface area contributed by atoms with Crippen molar-refractivity contribution in [3.8, 4) is 0 Å². The summed E-state index contributed by atoms with van der Waals surface area (Å²) in [6, 6.07) is 3.11. The molecule has 0 spiro atoms. The molecule has 1 aromatic heterocycles. The topological polar surface area (TPSA) is 47.0 Å². The van der Waals surface area contributed by atoms with Crippen LogP contribution in [-0.2, 0) is 9.84 Å². The number of aromatic nitrogens is 1. The zero-order chi connectivity index (χ0) is 8.32. The Bertz CT molecular complexity index is 318. The average molecular weight is 170 g/mol. The molecule has 0 aliphatic heterocycles. The van der Waals surface area contributed by atoms with Crippen LogP contribution in [0.5, 0.6) is 0 Å². The molecule has 59 valence electrons. The van der Waals surface area contributed by atoms with Gasteiger partial charge in [0, 0.05) is 12.4 Å². The van der Waals surface area contributed by atoms with Gasteiger partial charge >= 0.3 is 0 Å². The first-order valence-corrected chi connectivity index (χ1v) is 4.66. The molecule has 1 heterocycles. The van der Waals surface area contributed by atoms with Crippen LogP contribution < -0.4 is 0 Å². The van der Waals surface area contributed by atoms with Gasteiger partial charge in [0.15, 0.2) is 9.84 Å². The van der Waals surface area contributed by atoms with Gasteiger partial charge in [-0.25, -0.2) is 8.42 Å². The van der Waals surface area contributed by atoms with Crippen molar-refractivity contribution in [2.45, 2.75) is 11.8 Å². The number of nitrogens with zero attached hydrogens (tertiary/aromatic N) is 1. The average Bonchev–Trinajstić information content (AvgIpc) is 2.06. The summed E-state index contributed by atoms with van der Waals surface area (Å²) in [5.41, 5.74) is 0. The molecular formula is C7H8NO2S. The smallest absolute Gasteiger partial charge is 0.183 e. The van der Waals surface area contributed by atoms with Crippen LogP contribution in [0.15, 0.2) is 29.4 Å². The van der Waals surface area contributed by atoms with Crippen LogP contribution in [0.4, 0.5) is 0 Å². The van der Waals surface area contributed by atoms with Gasteiger partial charge in [-0.3, -0.25) is 4.98 Å². The van der Waals surface area contributed by atoms with Gasteiger partial charge in [0.1, 0.15) is 0 Å². The van der Waals surface area contributed by atoms with E-state index >= 15 is 0 Å². The first kappa shape index (κ1) is 8.20. The maximum atomic E-state index is 11.1. The third-order valence-corrected chi connectivity index (χ3v) is 2.79. The Labute approximate surface area is 66.0 Å². The fourth-order valence-electron chi connectivity index (χ4n) is 0.651. The molecule has 0 saturated carbocycles. The van der Waals surface area contributed by atoms with Crippen molar-refractivity contribution in [1.82, 2.24) is 4.98 Å². The zero-order valence-electron chi connectivity index (χ0n) is 6.06. The van der Waals surface area contributed by atoms with Gasteiger partial charge in [-0.05, 0) is 19.1 Å². The Hall–Kier alpha value is -0.900. The minimum Gasteiger partial charge on any atom is -0.263 e. The second-order valence-corrected chi connectivity index (χ2v) is 4.00. The summed E-state index contributed by atoms with van der Waals surface area (Å²) in [4.78, 5) is 3.94. The van der Waals surface area contributed by atoms with Crippen LogP contribution in [0.2, 0.25) is 0 Å². The fourth-order valence-corrected chi connectivity index (χ4v) is 1.40. The van der Waals surface area contributed by atoms with Gasteiger partial charge < -0.3 is 0 Å². The van der Waals surface area contributed by atoms with E-state index in [0.29, 0.717) is 0 Å². The van der Waals surface area contributed by atoms with E-state index in [2.05, 4.69) is 4.98 Å². The first-order valence-electron chi connectivity index (χ1n) is 3.11. The van der Waals surface area contributed by atoms with Crippen LogP contribution in [-0.4, -0.2) is 13.4 Å². The van der Waals surface area contributed by atoms with Gasteiger partial charge in [-0.1, -0.05) is 0 Å². The molecule has 0 unspecified atom stereocenters. The van der Waals surface area contributed by atoms with E-state index in [1.807, 2.05) is 0 Å². The largest absolute Gasteiger partial charge is 0.263 e. The summed E-state index contributed by atoms with van der Waals surface area (Å²) in [6.45, 7) is 1.49. The fraction of sp³-hybridized carbons (Fsp3) is 0.143. The van der Waals surface area contributed by atoms with E-state index in [1.54, 1.807) is 6.07 Å².